The number of fused-ring (bicyclic) bond motifs is 3. The van der Waals surface area contributed by atoms with Gasteiger partial charge in [-0.2, -0.15) is 0 Å². The first-order chi connectivity index (χ1) is 21.8. The molecule has 1 fully saturated rings. The lowest BCUT2D eigenvalue weighted by molar-refractivity contribution is -0.392. The van der Waals surface area contributed by atoms with E-state index in [4.69, 9.17) is 4.74 Å². The van der Waals surface area contributed by atoms with Crippen LogP contribution in [0.2, 0.25) is 0 Å². The van der Waals surface area contributed by atoms with Gasteiger partial charge in [0.15, 0.2) is 17.3 Å². The van der Waals surface area contributed by atoms with Gasteiger partial charge in [0.1, 0.15) is 11.5 Å². The smallest absolute Gasteiger partial charge is 0.301 e. The minimum atomic E-state index is -1.04. The minimum Gasteiger partial charge on any atom is -0.508 e. The molecule has 2 aromatic rings. The fraction of sp³-hybridized carbons (Fsp3) is 0.290. The van der Waals surface area contributed by atoms with E-state index >= 15 is 0 Å². The van der Waals surface area contributed by atoms with Crippen LogP contribution in [0.4, 0.5) is 22.7 Å². The van der Waals surface area contributed by atoms with Gasteiger partial charge >= 0.3 is 11.4 Å². The van der Waals surface area contributed by atoms with Gasteiger partial charge in [-0.25, -0.2) is 4.90 Å². The number of nitro groups is 2. The molecule has 236 valence electrons. The molecule has 0 saturated carbocycles. The van der Waals surface area contributed by atoms with Gasteiger partial charge in [0.05, 0.1) is 39.0 Å². The van der Waals surface area contributed by atoms with Crippen molar-refractivity contribution in [3.63, 3.8) is 0 Å². The van der Waals surface area contributed by atoms with Gasteiger partial charge in [-0.15, -0.1) is 0 Å². The monoisotopic (exact) mass is 692 g/mol. The Hall–Kier alpha value is -5.18. The highest BCUT2D eigenvalue weighted by atomic mass is 79.9. The summed E-state index contributed by atoms with van der Waals surface area (Å²) in [5.41, 5.74) is -0.460. The van der Waals surface area contributed by atoms with Crippen LogP contribution in [0, 0.1) is 38.0 Å². The predicted molar refractivity (Wildman–Crippen MR) is 166 cm³/mol. The number of Topliss-reactive ketones (excluding diaryl/α,β-unsaturated/α-hetero) is 1. The molecule has 4 unspecified atom stereocenters. The zero-order valence-corrected chi connectivity index (χ0v) is 26.1. The van der Waals surface area contributed by atoms with Crippen molar-refractivity contribution >= 4 is 62.1 Å². The number of allylic oxidation sites excluding steroid dienone is 6. The second-order valence-corrected chi connectivity index (χ2v) is 12.4. The van der Waals surface area contributed by atoms with Crippen molar-refractivity contribution < 1.29 is 38.9 Å². The van der Waals surface area contributed by atoms with Crippen molar-refractivity contribution in [1.29, 1.82) is 0 Å². The number of hydrogen-bond donors (Lipinski definition) is 1. The van der Waals surface area contributed by atoms with Crippen molar-refractivity contribution in [3.05, 3.63) is 89.5 Å². The summed E-state index contributed by atoms with van der Waals surface area (Å²) in [6.45, 7) is 0. The molecule has 1 heterocycles. The number of anilines is 2. The third-order valence-corrected chi connectivity index (χ3v) is 9.60. The number of ketones is 2. The van der Waals surface area contributed by atoms with E-state index in [-0.39, 0.29) is 51.3 Å². The van der Waals surface area contributed by atoms with E-state index in [1.807, 2.05) is 0 Å². The van der Waals surface area contributed by atoms with Crippen molar-refractivity contribution in [2.45, 2.75) is 18.8 Å². The summed E-state index contributed by atoms with van der Waals surface area (Å²) in [6.07, 6.45) is 2.99. The Balaban J connectivity index is 1.50. The molecule has 4 atom stereocenters. The van der Waals surface area contributed by atoms with Crippen LogP contribution in [0.5, 0.6) is 11.5 Å². The van der Waals surface area contributed by atoms with Gasteiger partial charge in [-0.1, -0.05) is 17.7 Å². The number of carbonyl (C=O) groups is 4. The average Bonchev–Trinajstić information content (AvgIpc) is 3.27. The number of phenols is 1. The maximum absolute atomic E-state index is 14.2. The molecule has 0 bridgehead atoms. The van der Waals surface area contributed by atoms with Gasteiger partial charge in [0, 0.05) is 61.0 Å². The molecule has 0 spiro atoms. The molecule has 2 amide bonds. The summed E-state index contributed by atoms with van der Waals surface area (Å²) in [6, 6.07) is 6.30. The topological polar surface area (TPSA) is 190 Å². The zero-order chi connectivity index (χ0) is 33.4. The van der Waals surface area contributed by atoms with Crippen molar-refractivity contribution in [3.8, 4) is 11.5 Å². The fourth-order valence-electron chi connectivity index (χ4n) is 7.21. The number of carbonyl (C=O) groups excluding carboxylic acids is 4. The molecule has 46 heavy (non-hydrogen) atoms. The number of ether oxygens (including phenoxy) is 1. The van der Waals surface area contributed by atoms with Crippen molar-refractivity contribution in [1.82, 2.24) is 0 Å². The highest BCUT2D eigenvalue weighted by Gasteiger charge is 2.57. The number of nitrogens with zero attached hydrogens (tertiary/aromatic N) is 4. The predicted octanol–water partition coefficient (Wildman–Crippen LogP) is 4.25. The third-order valence-electron chi connectivity index (χ3n) is 9.01. The highest BCUT2D eigenvalue weighted by molar-refractivity contribution is 9.12. The number of amides is 2. The molecule has 6 rings (SSSR count). The van der Waals surface area contributed by atoms with E-state index in [1.165, 1.54) is 44.3 Å². The molecule has 0 radical (unpaired) electrons. The van der Waals surface area contributed by atoms with Crippen LogP contribution in [0.1, 0.15) is 24.3 Å². The van der Waals surface area contributed by atoms with Crippen LogP contribution in [0.25, 0.3) is 0 Å². The molecule has 3 aliphatic carbocycles. The Bertz CT molecular complexity index is 1880. The summed E-state index contributed by atoms with van der Waals surface area (Å²) >= 11 is 3.17. The lowest BCUT2D eigenvalue weighted by Crippen LogP contribution is -2.39. The van der Waals surface area contributed by atoms with E-state index in [0.717, 1.165) is 17.0 Å². The molecule has 1 saturated heterocycles. The molecule has 14 nitrogen and oxygen atoms in total. The van der Waals surface area contributed by atoms with Crippen LogP contribution in [-0.2, 0) is 19.2 Å². The first-order valence-electron chi connectivity index (χ1n) is 14.0. The summed E-state index contributed by atoms with van der Waals surface area (Å²) in [7, 11) is 4.19. The lowest BCUT2D eigenvalue weighted by atomic mass is 9.59. The van der Waals surface area contributed by atoms with Crippen molar-refractivity contribution in [2.75, 3.05) is 31.0 Å². The number of imide groups is 1. The van der Waals surface area contributed by atoms with E-state index in [9.17, 15) is 44.5 Å². The molecular formula is C31H25BrN4O10. The number of aromatic hydroxyl groups is 1. The van der Waals surface area contributed by atoms with Gasteiger partial charge in [0.25, 0.3) is 0 Å². The first-order valence-corrected chi connectivity index (χ1v) is 14.8. The molecule has 2 aromatic carbocycles. The summed E-state index contributed by atoms with van der Waals surface area (Å²) in [5.74, 6) is -5.68. The van der Waals surface area contributed by atoms with Gasteiger partial charge in [0.2, 0.25) is 11.8 Å². The molecule has 1 N–H and O–H groups in total. The Kier molecular flexibility index (Phi) is 7.38. The Morgan fingerprint density at radius 3 is 2.24 bits per heavy atom. The van der Waals surface area contributed by atoms with E-state index < -0.39 is 68.3 Å². The maximum Gasteiger partial charge on any atom is 0.301 e. The second-order valence-electron chi connectivity index (χ2n) is 11.6. The quantitative estimate of drug-likeness (QED) is 0.150. The van der Waals surface area contributed by atoms with Gasteiger partial charge < -0.3 is 14.7 Å². The highest BCUT2D eigenvalue weighted by Crippen LogP contribution is 2.57. The van der Waals surface area contributed by atoms with E-state index in [2.05, 4.69) is 15.9 Å². The third kappa shape index (κ3) is 4.52. The number of halogens is 1. The Morgan fingerprint density at radius 1 is 1.00 bits per heavy atom. The number of benzene rings is 2. The molecule has 4 aliphatic rings. The Labute approximate surface area is 269 Å². The summed E-state index contributed by atoms with van der Waals surface area (Å²) in [4.78, 5) is 79.4. The first kappa shape index (κ1) is 30.8. The van der Waals surface area contributed by atoms with Crippen LogP contribution < -0.4 is 14.5 Å². The fourth-order valence-corrected chi connectivity index (χ4v) is 7.66. The van der Waals surface area contributed by atoms with Crippen LogP contribution in [0.15, 0.2) is 63.7 Å². The van der Waals surface area contributed by atoms with Crippen molar-refractivity contribution in [2.24, 2.45) is 17.8 Å². The van der Waals surface area contributed by atoms with Crippen LogP contribution in [-0.4, -0.2) is 59.5 Å². The largest absolute Gasteiger partial charge is 0.508 e. The number of hydrogen-bond acceptors (Lipinski definition) is 11. The minimum absolute atomic E-state index is 0.0422. The number of rotatable bonds is 6. The standard InChI is InChI=1S/C31H25BrN4O10/c1-33(2)28-21(35(42)43)8-13(9-22(28)36(44)45)34-30(40)17-7-6-15-18(26(17)31(34)41)11-19-27(23(38)12-20(32)29(19)39)25(15)16-5-4-14(37)10-24(16)46-3/h4-6,8-10,12,17-18,25-26,37H,7,11H2,1-3H3. The normalized spacial score (nSPS) is 23.8. The van der Waals surface area contributed by atoms with Crippen LogP contribution in [0.3, 0.4) is 0 Å². The summed E-state index contributed by atoms with van der Waals surface area (Å²) in [5, 5.41) is 34.1. The molecule has 15 heteroatoms. The number of nitro benzene ring substituents is 2. The molecular weight excluding hydrogens is 668 g/mol. The summed E-state index contributed by atoms with van der Waals surface area (Å²) < 4.78 is 5.58. The SMILES string of the molecule is COc1cc(O)ccc1C1C2=CCC3C(=O)N(c4cc([N+](=O)[O-])c(N(C)C)c([N+](=O)[O-])c4)C(=O)C3C2CC2=C1C(=O)C=C(Br)C2=O. The average molecular weight is 693 g/mol. The number of phenolic OH excluding ortho intramolecular Hbond substituents is 1. The lowest BCUT2D eigenvalue weighted by Gasteiger charge is -2.42. The zero-order valence-electron chi connectivity index (χ0n) is 24.6. The van der Waals surface area contributed by atoms with Gasteiger partial charge in [-0.05, 0) is 40.8 Å². The second kappa shape index (κ2) is 11.0. The Morgan fingerprint density at radius 2 is 1.65 bits per heavy atom. The van der Waals surface area contributed by atoms with Crippen LogP contribution >= 0.6 is 15.9 Å². The van der Waals surface area contributed by atoms with E-state index in [0.29, 0.717) is 11.1 Å². The van der Waals surface area contributed by atoms with E-state index in [1.54, 1.807) is 12.1 Å². The number of methoxy groups -OCH3 is 1. The molecule has 1 aliphatic heterocycles. The molecule has 0 aromatic heterocycles. The maximum atomic E-state index is 14.2. The van der Waals surface area contributed by atoms with Gasteiger partial charge in [-0.3, -0.25) is 39.4 Å².